The van der Waals surface area contributed by atoms with Crippen molar-refractivity contribution in [1.29, 1.82) is 0 Å². The molecule has 0 radical (unpaired) electrons. The molecule has 1 heterocycles. The van der Waals surface area contributed by atoms with Gasteiger partial charge in [-0.25, -0.2) is 4.79 Å². The first-order valence-electron chi connectivity index (χ1n) is 33.6. The fraction of sp³-hybridized carbons (Fsp3) is 0.746. The molecule has 476 valence electrons. The number of aliphatic hydroxyl groups is 2. The van der Waals surface area contributed by atoms with Crippen molar-refractivity contribution in [3.05, 3.63) is 85.1 Å². The summed E-state index contributed by atoms with van der Waals surface area (Å²) in [5.41, 5.74) is 0. The molecule has 3 N–H and O–H groups in total. The van der Waals surface area contributed by atoms with Gasteiger partial charge >= 0.3 is 23.9 Å². The highest BCUT2D eigenvalue weighted by Crippen LogP contribution is 2.27. The zero-order chi connectivity index (χ0) is 60.3. The molecule has 0 aromatic heterocycles. The van der Waals surface area contributed by atoms with Gasteiger partial charge in [0.15, 0.2) is 24.6 Å². The number of esters is 3. The molecule has 1 fully saturated rings. The molecule has 1 saturated heterocycles. The molecule has 12 nitrogen and oxygen atoms in total. The van der Waals surface area contributed by atoms with Crippen LogP contribution in [0.1, 0.15) is 290 Å². The number of aliphatic hydroxyl groups excluding tert-OH is 2. The van der Waals surface area contributed by atoms with Crippen LogP contribution < -0.4 is 0 Å². The van der Waals surface area contributed by atoms with Gasteiger partial charge in [0, 0.05) is 19.3 Å². The summed E-state index contributed by atoms with van der Waals surface area (Å²) in [5, 5.41) is 31.6. The van der Waals surface area contributed by atoms with E-state index < -0.39 is 67.3 Å². The van der Waals surface area contributed by atoms with E-state index in [1.165, 1.54) is 116 Å². The van der Waals surface area contributed by atoms with Crippen molar-refractivity contribution in [3.8, 4) is 0 Å². The number of carboxylic acid groups (broad SMARTS) is 1. The maximum atomic E-state index is 13.2. The molecule has 0 aromatic rings. The van der Waals surface area contributed by atoms with Crippen LogP contribution in [0.25, 0.3) is 0 Å². The Morgan fingerprint density at radius 1 is 0.410 bits per heavy atom. The van der Waals surface area contributed by atoms with Crippen molar-refractivity contribution in [2.45, 2.75) is 327 Å². The number of allylic oxidation sites excluding steroid dienone is 14. The molecule has 0 amide bonds. The summed E-state index contributed by atoms with van der Waals surface area (Å²) in [6.45, 7) is 5.87. The molecule has 0 spiro atoms. The van der Waals surface area contributed by atoms with Crippen molar-refractivity contribution in [3.63, 3.8) is 0 Å². The van der Waals surface area contributed by atoms with Crippen LogP contribution in [0, 0.1) is 0 Å². The number of aliphatic carboxylic acids is 1. The lowest BCUT2D eigenvalue weighted by Crippen LogP contribution is -2.61. The van der Waals surface area contributed by atoms with Crippen molar-refractivity contribution in [2.75, 3.05) is 13.2 Å². The third kappa shape index (κ3) is 47.8. The van der Waals surface area contributed by atoms with Crippen LogP contribution in [0.2, 0.25) is 0 Å². The van der Waals surface area contributed by atoms with E-state index in [1.54, 1.807) is 0 Å². The van der Waals surface area contributed by atoms with Gasteiger partial charge in [0.05, 0.1) is 6.61 Å². The first kappa shape index (κ1) is 76.9. The van der Waals surface area contributed by atoms with Gasteiger partial charge in [-0.1, -0.05) is 241 Å². The molecule has 1 aliphatic heterocycles. The van der Waals surface area contributed by atoms with Crippen LogP contribution >= 0.6 is 0 Å². The number of unbranched alkanes of at least 4 members (excludes halogenated alkanes) is 29. The third-order valence-corrected chi connectivity index (χ3v) is 14.9. The highest BCUT2D eigenvalue weighted by Gasteiger charge is 2.50. The first-order valence-corrected chi connectivity index (χ1v) is 33.6. The quantitative estimate of drug-likeness (QED) is 0.0228. The molecular formula is C71H120O12. The second kappa shape index (κ2) is 58.3. The lowest BCUT2D eigenvalue weighted by molar-refractivity contribution is -0.301. The summed E-state index contributed by atoms with van der Waals surface area (Å²) in [4.78, 5) is 51.4. The van der Waals surface area contributed by atoms with Gasteiger partial charge < -0.3 is 39.0 Å². The average Bonchev–Trinajstić information content (AvgIpc) is 3.55. The third-order valence-electron chi connectivity index (χ3n) is 14.9. The summed E-state index contributed by atoms with van der Waals surface area (Å²) in [7, 11) is 0. The Morgan fingerprint density at radius 3 is 1.19 bits per heavy atom. The van der Waals surface area contributed by atoms with Crippen LogP contribution in [0.3, 0.4) is 0 Å². The second-order valence-electron chi connectivity index (χ2n) is 22.7. The normalized spacial score (nSPS) is 18.1. The lowest BCUT2D eigenvalue weighted by Gasteiger charge is -2.40. The molecular weight excluding hydrogens is 1040 g/mol. The number of hydrogen-bond acceptors (Lipinski definition) is 11. The van der Waals surface area contributed by atoms with Gasteiger partial charge in [0.1, 0.15) is 18.8 Å². The van der Waals surface area contributed by atoms with Crippen LogP contribution in [0.5, 0.6) is 0 Å². The fourth-order valence-electron chi connectivity index (χ4n) is 9.80. The average molecular weight is 1170 g/mol. The number of carboxylic acids is 1. The number of carbonyl (C=O) groups excluding carboxylic acids is 3. The van der Waals surface area contributed by atoms with E-state index in [9.17, 15) is 34.5 Å². The Balaban J connectivity index is 2.67. The zero-order valence-corrected chi connectivity index (χ0v) is 52.7. The zero-order valence-electron chi connectivity index (χ0n) is 52.7. The van der Waals surface area contributed by atoms with E-state index >= 15 is 0 Å². The molecule has 12 heteroatoms. The topological polar surface area (TPSA) is 175 Å². The Hall–Kier alpha value is -4.10. The highest BCUT2D eigenvalue weighted by molar-refractivity contribution is 5.74. The Kier molecular flexibility index (Phi) is 54.0. The highest BCUT2D eigenvalue weighted by atomic mass is 16.7. The summed E-state index contributed by atoms with van der Waals surface area (Å²) < 4.78 is 28.5. The maximum Gasteiger partial charge on any atom is 0.335 e. The van der Waals surface area contributed by atoms with E-state index in [0.717, 1.165) is 116 Å². The number of hydrogen-bond donors (Lipinski definition) is 3. The maximum absolute atomic E-state index is 13.2. The van der Waals surface area contributed by atoms with E-state index in [0.29, 0.717) is 19.3 Å². The van der Waals surface area contributed by atoms with E-state index in [2.05, 4.69) is 106 Å². The van der Waals surface area contributed by atoms with Gasteiger partial charge in [-0.15, -0.1) is 0 Å². The Bertz CT molecular complexity index is 1760. The summed E-state index contributed by atoms with van der Waals surface area (Å²) in [6, 6.07) is 0. The van der Waals surface area contributed by atoms with Crippen LogP contribution in [-0.4, -0.2) is 89.2 Å². The van der Waals surface area contributed by atoms with Crippen molar-refractivity contribution < 1.29 is 58.2 Å². The van der Waals surface area contributed by atoms with Crippen molar-refractivity contribution in [1.82, 2.24) is 0 Å². The fourth-order valence-corrected chi connectivity index (χ4v) is 9.80. The summed E-state index contributed by atoms with van der Waals surface area (Å²) in [5.74, 6) is -3.15. The predicted molar refractivity (Wildman–Crippen MR) is 340 cm³/mol. The van der Waals surface area contributed by atoms with Gasteiger partial charge in [0.25, 0.3) is 0 Å². The molecule has 6 unspecified atom stereocenters. The first-order chi connectivity index (χ1) is 40.6. The van der Waals surface area contributed by atoms with Gasteiger partial charge in [0.2, 0.25) is 0 Å². The standard InChI is InChI=1S/C71H120O12/c1-4-7-10-13-16-19-22-25-28-31-32-35-36-39-42-45-48-51-54-57-63(72)79-60-62(81-64(73)58-55-52-49-46-43-40-37-33-29-26-23-20-17-14-11-8-5-2)61-80-71-69(67(76)66(75)68(83-71)70(77)78)82-65(74)59-56-53-50-47-44-41-38-34-30-27-24-21-18-15-12-9-6-3/h9,12,17-18,20-21,25-30,38,41,62,66-69,71,75-76H,4-8,10-11,13-16,19,22-24,31-37,39-40,42-61H2,1-3H3,(H,77,78)/b12-9-,20-17-,21-18-,28-25-,29-26-,30-27-,41-38-. The minimum atomic E-state index is -1.92. The molecule has 0 aromatic carbocycles. The predicted octanol–water partition coefficient (Wildman–Crippen LogP) is 18.2. The van der Waals surface area contributed by atoms with E-state index in [1.807, 2.05) is 0 Å². The van der Waals surface area contributed by atoms with E-state index in [4.69, 9.17) is 23.7 Å². The second-order valence-corrected chi connectivity index (χ2v) is 22.7. The molecule has 83 heavy (non-hydrogen) atoms. The largest absolute Gasteiger partial charge is 0.479 e. The summed E-state index contributed by atoms with van der Waals surface area (Å²) >= 11 is 0. The van der Waals surface area contributed by atoms with E-state index in [-0.39, 0.29) is 25.9 Å². The van der Waals surface area contributed by atoms with Crippen molar-refractivity contribution in [2.24, 2.45) is 0 Å². The van der Waals surface area contributed by atoms with Crippen molar-refractivity contribution >= 4 is 23.9 Å². The molecule has 1 aliphatic rings. The Morgan fingerprint density at radius 2 is 0.759 bits per heavy atom. The lowest BCUT2D eigenvalue weighted by atomic mass is 9.98. The number of ether oxygens (including phenoxy) is 5. The smallest absolute Gasteiger partial charge is 0.335 e. The number of rotatable bonds is 57. The van der Waals surface area contributed by atoms with Gasteiger partial charge in [-0.3, -0.25) is 14.4 Å². The molecule has 0 saturated carbocycles. The van der Waals surface area contributed by atoms with Crippen LogP contribution in [0.15, 0.2) is 85.1 Å². The molecule has 0 aliphatic carbocycles. The minimum absolute atomic E-state index is 0.0292. The monoisotopic (exact) mass is 1160 g/mol. The SMILES string of the molecule is CC/C=C\C/C=C\C/C=C\C/C=C\CCCCCCC(=O)OC1C(OCC(COC(=O)CCCCCCCCCCC/C=C\CCCCCCCC)OC(=O)CCCCCCCCC/C=C\C/C=C\CCCCC)OC(C(=O)O)C(O)C1O. The summed E-state index contributed by atoms with van der Waals surface area (Å²) in [6.07, 6.45) is 63.9. The number of carbonyl (C=O) groups is 4. The minimum Gasteiger partial charge on any atom is -0.479 e. The molecule has 0 bridgehead atoms. The molecule has 6 atom stereocenters. The van der Waals surface area contributed by atoms with Gasteiger partial charge in [-0.2, -0.15) is 0 Å². The van der Waals surface area contributed by atoms with Crippen LogP contribution in [0.4, 0.5) is 0 Å². The van der Waals surface area contributed by atoms with Crippen LogP contribution in [-0.2, 0) is 42.9 Å². The van der Waals surface area contributed by atoms with Gasteiger partial charge in [-0.05, 0) is 116 Å². The Labute approximate surface area is 505 Å². The molecule has 1 rings (SSSR count).